The number of aromatic nitrogens is 1. The SMILES string of the molecule is O=C(NCCc1cccnc1)N1Cc2ccccc2N2CCN(Cc3ccccc3)CC2C1. The average Bonchev–Trinajstić information content (AvgIpc) is 3.02. The van der Waals surface area contributed by atoms with Crippen molar-refractivity contribution in [1.29, 1.82) is 0 Å². The summed E-state index contributed by atoms with van der Waals surface area (Å²) in [5.74, 6) is 0. The number of urea groups is 1. The number of amides is 2. The molecule has 2 aromatic carbocycles. The Morgan fingerprint density at radius 2 is 1.76 bits per heavy atom. The molecule has 2 aliphatic heterocycles. The Morgan fingerprint density at radius 3 is 2.61 bits per heavy atom. The fraction of sp³-hybridized carbons (Fsp3) is 0.333. The Hall–Kier alpha value is -3.38. The summed E-state index contributed by atoms with van der Waals surface area (Å²) in [6.07, 6.45) is 4.41. The van der Waals surface area contributed by atoms with Gasteiger partial charge in [-0.15, -0.1) is 0 Å². The van der Waals surface area contributed by atoms with E-state index < -0.39 is 0 Å². The number of nitrogens with zero attached hydrogens (tertiary/aromatic N) is 4. The Balaban J connectivity index is 1.28. The van der Waals surface area contributed by atoms with Gasteiger partial charge in [-0.1, -0.05) is 54.6 Å². The first kappa shape index (κ1) is 21.5. The number of anilines is 1. The number of nitrogens with one attached hydrogen (secondary N) is 1. The summed E-state index contributed by atoms with van der Waals surface area (Å²) in [6.45, 7) is 5.87. The minimum absolute atomic E-state index is 0.00993. The Labute approximate surface area is 195 Å². The molecule has 5 rings (SSSR count). The quantitative estimate of drug-likeness (QED) is 0.658. The number of fused-ring (bicyclic) bond motifs is 3. The number of hydrogen-bond acceptors (Lipinski definition) is 4. The van der Waals surface area contributed by atoms with Crippen LogP contribution in [0, 0.1) is 0 Å². The van der Waals surface area contributed by atoms with E-state index in [1.807, 2.05) is 23.2 Å². The molecule has 2 amide bonds. The maximum atomic E-state index is 13.2. The van der Waals surface area contributed by atoms with E-state index in [0.717, 1.165) is 44.7 Å². The van der Waals surface area contributed by atoms with Crippen molar-refractivity contribution in [2.75, 3.05) is 37.6 Å². The highest BCUT2D eigenvalue weighted by Crippen LogP contribution is 2.30. The van der Waals surface area contributed by atoms with Crippen LogP contribution in [0.4, 0.5) is 10.5 Å². The van der Waals surface area contributed by atoms with Gasteiger partial charge in [-0.2, -0.15) is 0 Å². The first-order valence-electron chi connectivity index (χ1n) is 11.8. The van der Waals surface area contributed by atoms with E-state index >= 15 is 0 Å². The van der Waals surface area contributed by atoms with E-state index in [1.165, 1.54) is 16.8 Å². The minimum atomic E-state index is 0.00993. The third kappa shape index (κ3) is 5.17. The van der Waals surface area contributed by atoms with Crippen LogP contribution in [0.5, 0.6) is 0 Å². The van der Waals surface area contributed by atoms with Crippen LogP contribution < -0.4 is 10.2 Å². The van der Waals surface area contributed by atoms with E-state index in [9.17, 15) is 4.79 Å². The van der Waals surface area contributed by atoms with Crippen molar-refractivity contribution in [2.24, 2.45) is 0 Å². The predicted octanol–water partition coefficient (Wildman–Crippen LogP) is 3.54. The van der Waals surface area contributed by atoms with Crippen molar-refractivity contribution in [3.05, 3.63) is 95.8 Å². The van der Waals surface area contributed by atoms with Gasteiger partial charge >= 0.3 is 6.03 Å². The van der Waals surface area contributed by atoms with Gasteiger partial charge in [0.25, 0.3) is 0 Å². The van der Waals surface area contributed by atoms with Gasteiger partial charge in [0.15, 0.2) is 0 Å². The number of para-hydroxylation sites is 1. The van der Waals surface area contributed by atoms with E-state index in [-0.39, 0.29) is 12.1 Å². The Bertz CT molecular complexity index is 1060. The van der Waals surface area contributed by atoms with Crippen molar-refractivity contribution in [3.8, 4) is 0 Å². The number of pyridine rings is 1. The van der Waals surface area contributed by atoms with E-state index in [1.54, 1.807) is 6.20 Å². The topological polar surface area (TPSA) is 51.7 Å². The van der Waals surface area contributed by atoms with Gasteiger partial charge in [-0.25, -0.2) is 4.79 Å². The summed E-state index contributed by atoms with van der Waals surface area (Å²) in [6, 6.07) is 23.5. The summed E-state index contributed by atoms with van der Waals surface area (Å²) in [5, 5.41) is 3.13. The molecule has 1 N–H and O–H groups in total. The van der Waals surface area contributed by atoms with E-state index in [4.69, 9.17) is 0 Å². The van der Waals surface area contributed by atoms with Crippen LogP contribution in [0.15, 0.2) is 79.1 Å². The second-order valence-electron chi connectivity index (χ2n) is 8.92. The molecular weight excluding hydrogens is 410 g/mol. The van der Waals surface area contributed by atoms with Crippen LogP contribution in [-0.4, -0.2) is 59.6 Å². The number of carbonyl (C=O) groups is 1. The molecule has 33 heavy (non-hydrogen) atoms. The van der Waals surface area contributed by atoms with Crippen LogP contribution in [0.1, 0.15) is 16.7 Å². The molecule has 1 fully saturated rings. The number of piperazine rings is 1. The van der Waals surface area contributed by atoms with Crippen LogP contribution in [0.3, 0.4) is 0 Å². The zero-order valence-electron chi connectivity index (χ0n) is 18.9. The number of hydrogen-bond donors (Lipinski definition) is 1. The van der Waals surface area contributed by atoms with Crippen molar-refractivity contribution < 1.29 is 4.79 Å². The van der Waals surface area contributed by atoms with E-state index in [2.05, 4.69) is 74.7 Å². The normalized spacial score (nSPS) is 18.2. The smallest absolute Gasteiger partial charge is 0.317 e. The standard InChI is InChI=1S/C27H31N5O/c33-27(29-14-12-22-9-6-13-28-17-22)31-19-24-10-4-5-11-26(24)32-16-15-30(20-25(32)21-31)18-23-7-2-1-3-8-23/h1-11,13,17,25H,12,14-16,18-21H2,(H,29,33). The van der Waals surface area contributed by atoms with Crippen LogP contribution in [-0.2, 0) is 19.5 Å². The molecule has 6 heteroatoms. The first-order valence-corrected chi connectivity index (χ1v) is 11.8. The highest BCUT2D eigenvalue weighted by atomic mass is 16.2. The molecule has 1 unspecified atom stereocenters. The van der Waals surface area contributed by atoms with Gasteiger partial charge in [0.1, 0.15) is 0 Å². The molecule has 0 radical (unpaired) electrons. The largest absolute Gasteiger partial charge is 0.364 e. The molecule has 3 heterocycles. The lowest BCUT2D eigenvalue weighted by Crippen LogP contribution is -2.57. The molecule has 1 atom stereocenters. The summed E-state index contributed by atoms with van der Waals surface area (Å²) in [4.78, 5) is 24.3. The van der Waals surface area contributed by atoms with Crippen molar-refractivity contribution in [3.63, 3.8) is 0 Å². The van der Waals surface area contributed by atoms with Gasteiger partial charge in [-0.05, 0) is 35.2 Å². The molecule has 1 aromatic heterocycles. The molecular formula is C27H31N5O. The second-order valence-corrected chi connectivity index (χ2v) is 8.92. The van der Waals surface area contributed by atoms with Gasteiger partial charge in [0.2, 0.25) is 0 Å². The van der Waals surface area contributed by atoms with Crippen LogP contribution in [0.25, 0.3) is 0 Å². The highest BCUT2D eigenvalue weighted by molar-refractivity contribution is 5.75. The number of rotatable bonds is 5. The van der Waals surface area contributed by atoms with Crippen molar-refractivity contribution >= 4 is 11.7 Å². The molecule has 3 aromatic rings. The number of carbonyl (C=O) groups excluding carboxylic acids is 1. The highest BCUT2D eigenvalue weighted by Gasteiger charge is 2.34. The monoisotopic (exact) mass is 441 g/mol. The summed E-state index contributed by atoms with van der Waals surface area (Å²) < 4.78 is 0. The molecule has 0 bridgehead atoms. The Kier molecular flexibility index (Phi) is 6.53. The molecule has 2 aliphatic rings. The van der Waals surface area contributed by atoms with Gasteiger partial charge in [-0.3, -0.25) is 9.88 Å². The maximum absolute atomic E-state index is 13.2. The first-order chi connectivity index (χ1) is 16.3. The fourth-order valence-corrected chi connectivity index (χ4v) is 4.95. The minimum Gasteiger partial charge on any atom is -0.364 e. The summed E-state index contributed by atoms with van der Waals surface area (Å²) in [7, 11) is 0. The molecule has 1 saturated heterocycles. The summed E-state index contributed by atoms with van der Waals surface area (Å²) >= 11 is 0. The fourth-order valence-electron chi connectivity index (χ4n) is 4.95. The lowest BCUT2D eigenvalue weighted by molar-refractivity contribution is 0.169. The Morgan fingerprint density at radius 1 is 0.939 bits per heavy atom. The lowest BCUT2D eigenvalue weighted by atomic mass is 10.1. The summed E-state index contributed by atoms with van der Waals surface area (Å²) in [5.41, 5.74) is 4.96. The molecule has 0 spiro atoms. The second kappa shape index (κ2) is 10.0. The third-order valence-corrected chi connectivity index (χ3v) is 6.61. The molecule has 170 valence electrons. The van der Waals surface area contributed by atoms with Gasteiger partial charge < -0.3 is 15.1 Å². The third-order valence-electron chi connectivity index (χ3n) is 6.61. The lowest BCUT2D eigenvalue weighted by Gasteiger charge is -2.43. The number of benzene rings is 2. The maximum Gasteiger partial charge on any atom is 0.317 e. The zero-order chi connectivity index (χ0) is 22.5. The van der Waals surface area contributed by atoms with Gasteiger partial charge in [0.05, 0.1) is 6.04 Å². The molecule has 6 nitrogen and oxygen atoms in total. The molecule has 0 aliphatic carbocycles. The van der Waals surface area contributed by atoms with Crippen molar-refractivity contribution in [1.82, 2.24) is 20.1 Å². The van der Waals surface area contributed by atoms with Crippen LogP contribution in [0.2, 0.25) is 0 Å². The van der Waals surface area contributed by atoms with Crippen LogP contribution >= 0.6 is 0 Å². The zero-order valence-corrected chi connectivity index (χ0v) is 18.9. The van der Waals surface area contributed by atoms with E-state index in [0.29, 0.717) is 13.1 Å². The van der Waals surface area contributed by atoms with Crippen molar-refractivity contribution in [2.45, 2.75) is 25.6 Å². The molecule has 0 saturated carbocycles. The van der Waals surface area contributed by atoms with Gasteiger partial charge in [0, 0.05) is 63.9 Å². The predicted molar refractivity (Wildman–Crippen MR) is 131 cm³/mol. The average molecular weight is 442 g/mol.